The highest BCUT2D eigenvalue weighted by Crippen LogP contribution is 2.59. The highest BCUT2D eigenvalue weighted by molar-refractivity contribution is 6.34. The number of carbonyl (C=O) groups excluding carboxylic acids is 1. The summed E-state index contributed by atoms with van der Waals surface area (Å²) in [5.41, 5.74) is 6.24. The van der Waals surface area contributed by atoms with Gasteiger partial charge < -0.3 is 20.2 Å². The number of rotatable bonds is 5. The molecule has 0 bridgehead atoms. The maximum atomic E-state index is 11.7. The van der Waals surface area contributed by atoms with E-state index in [-0.39, 0.29) is 24.1 Å². The molecule has 0 spiro atoms. The molecule has 1 amide bonds. The molecule has 1 saturated heterocycles. The second-order valence-corrected chi connectivity index (χ2v) is 6.48. The molecule has 2 fully saturated rings. The molecule has 3 aliphatic rings. The number of hydrogen-bond acceptors (Lipinski definition) is 5. The van der Waals surface area contributed by atoms with Gasteiger partial charge in [-0.3, -0.25) is 9.69 Å². The molecule has 23 heavy (non-hydrogen) atoms. The zero-order valence-corrected chi connectivity index (χ0v) is 12.5. The summed E-state index contributed by atoms with van der Waals surface area (Å²) < 4.78 is 11.5. The molecule has 0 radical (unpaired) electrons. The third-order valence-corrected chi connectivity index (χ3v) is 4.72. The number of likely N-dealkylation sites (tertiary alicyclic amines) is 1. The van der Waals surface area contributed by atoms with Crippen LogP contribution in [0.25, 0.3) is 0 Å². The normalized spacial score (nSPS) is 25.2. The minimum absolute atomic E-state index is 0.112. The quantitative estimate of drug-likeness (QED) is 0.739. The van der Waals surface area contributed by atoms with E-state index in [0.717, 1.165) is 12.0 Å². The lowest BCUT2D eigenvalue weighted by atomic mass is 9.84. The van der Waals surface area contributed by atoms with Gasteiger partial charge >= 0.3 is 13.5 Å². The number of hydrogen-bond donors (Lipinski definition) is 2. The van der Waals surface area contributed by atoms with Crippen molar-refractivity contribution in [3.63, 3.8) is 0 Å². The Morgan fingerprint density at radius 1 is 1.43 bits per heavy atom. The van der Waals surface area contributed by atoms with Crippen molar-refractivity contribution in [1.82, 2.24) is 4.90 Å². The van der Waals surface area contributed by atoms with Gasteiger partial charge in [-0.2, -0.15) is 0 Å². The number of nitrogens with two attached hydrogens (primary N) is 1. The summed E-state index contributed by atoms with van der Waals surface area (Å²) >= 11 is 0. The molecule has 1 aromatic carbocycles. The molecular formula is C15H17BN2O5. The Morgan fingerprint density at radius 2 is 2.22 bits per heavy atom. The second kappa shape index (κ2) is 5.16. The van der Waals surface area contributed by atoms with Gasteiger partial charge in [0, 0.05) is 13.1 Å². The van der Waals surface area contributed by atoms with E-state index in [0.29, 0.717) is 43.8 Å². The van der Waals surface area contributed by atoms with Crippen LogP contribution >= 0.6 is 0 Å². The molecule has 7 nitrogen and oxygen atoms in total. The smallest absolute Gasteiger partial charge is 0.343 e. The van der Waals surface area contributed by atoms with Gasteiger partial charge in [0.25, 0.3) is 0 Å². The largest absolute Gasteiger partial charge is 0.563 e. The van der Waals surface area contributed by atoms with Crippen LogP contribution in [0.5, 0.6) is 11.5 Å². The summed E-state index contributed by atoms with van der Waals surface area (Å²) in [7, 11) is 0.581. The zero-order chi connectivity index (χ0) is 16.1. The highest BCUT2D eigenvalue weighted by atomic mass is 16.5. The topological polar surface area (TPSA) is 102 Å². The molecule has 2 aliphatic heterocycles. The third kappa shape index (κ3) is 2.52. The number of benzene rings is 1. The summed E-state index contributed by atoms with van der Waals surface area (Å²) in [5.74, 6) is 0.340. The average molecular weight is 316 g/mol. The fourth-order valence-corrected chi connectivity index (χ4v) is 3.46. The number of aromatic carboxylic acids is 1. The van der Waals surface area contributed by atoms with Gasteiger partial charge in [0.2, 0.25) is 5.91 Å². The molecule has 1 aromatic rings. The molecular weight excluding hydrogens is 299 g/mol. The van der Waals surface area contributed by atoms with Crippen molar-refractivity contribution in [3.05, 3.63) is 23.3 Å². The lowest BCUT2D eigenvalue weighted by molar-refractivity contribution is -0.121. The van der Waals surface area contributed by atoms with E-state index in [1.165, 1.54) is 0 Å². The van der Waals surface area contributed by atoms with E-state index in [4.69, 9.17) is 15.1 Å². The first-order valence-electron chi connectivity index (χ1n) is 7.73. The van der Waals surface area contributed by atoms with Gasteiger partial charge in [-0.05, 0) is 29.8 Å². The van der Waals surface area contributed by atoms with Crippen molar-refractivity contribution >= 4 is 19.4 Å². The minimum atomic E-state index is -1.04. The molecule has 8 heteroatoms. The first-order chi connectivity index (χ1) is 11.0. The predicted octanol–water partition coefficient (Wildman–Crippen LogP) is -0.0472. The van der Waals surface area contributed by atoms with Crippen molar-refractivity contribution in [2.24, 2.45) is 5.73 Å². The number of primary amides is 1. The van der Waals surface area contributed by atoms with E-state index in [1.807, 2.05) is 11.0 Å². The average Bonchev–Trinajstić information content (AvgIpc) is 3.23. The van der Waals surface area contributed by atoms with Crippen molar-refractivity contribution in [2.75, 3.05) is 19.6 Å². The molecule has 1 saturated carbocycles. The zero-order valence-electron chi connectivity index (χ0n) is 12.5. The van der Waals surface area contributed by atoms with Crippen LogP contribution < -0.4 is 15.1 Å². The van der Waals surface area contributed by atoms with E-state index in [1.54, 1.807) is 6.07 Å². The van der Waals surface area contributed by atoms with Gasteiger partial charge in [-0.1, -0.05) is 6.07 Å². The molecule has 2 heterocycles. The van der Waals surface area contributed by atoms with Crippen LogP contribution in [0.1, 0.15) is 28.3 Å². The Kier molecular flexibility index (Phi) is 3.23. The van der Waals surface area contributed by atoms with Gasteiger partial charge in [0.05, 0.1) is 6.54 Å². The Morgan fingerprint density at radius 3 is 2.91 bits per heavy atom. The Balaban J connectivity index is 1.53. The molecule has 2 unspecified atom stereocenters. The van der Waals surface area contributed by atoms with Gasteiger partial charge in [0.1, 0.15) is 23.2 Å². The van der Waals surface area contributed by atoms with E-state index >= 15 is 0 Å². The number of carbonyl (C=O) groups is 2. The summed E-state index contributed by atoms with van der Waals surface area (Å²) in [6, 6.07) is 3.64. The SMILES string of the molecule is NC(=O)CN1CC(Oc2ccc3c(c2C(=O)O)OBC2CC32)C1. The van der Waals surface area contributed by atoms with E-state index in [9.17, 15) is 14.7 Å². The van der Waals surface area contributed by atoms with Crippen molar-refractivity contribution in [3.8, 4) is 11.5 Å². The van der Waals surface area contributed by atoms with Crippen LogP contribution in [0.4, 0.5) is 0 Å². The number of ether oxygens (including phenoxy) is 1. The van der Waals surface area contributed by atoms with Crippen LogP contribution in [0.2, 0.25) is 5.82 Å². The Bertz CT molecular complexity index is 689. The predicted molar refractivity (Wildman–Crippen MR) is 82.3 cm³/mol. The van der Waals surface area contributed by atoms with Crippen LogP contribution in [-0.4, -0.2) is 55.1 Å². The Labute approximate surface area is 133 Å². The summed E-state index contributed by atoms with van der Waals surface area (Å²) in [5, 5.41) is 9.56. The Hall–Kier alpha value is -2.22. The molecule has 1 aliphatic carbocycles. The second-order valence-electron chi connectivity index (χ2n) is 6.48. The summed E-state index contributed by atoms with van der Waals surface area (Å²) in [6.07, 6.45) is 0.930. The van der Waals surface area contributed by atoms with Crippen molar-refractivity contribution < 1.29 is 24.1 Å². The molecule has 0 aromatic heterocycles. The number of amides is 1. The first kappa shape index (κ1) is 14.4. The highest BCUT2D eigenvalue weighted by Gasteiger charge is 2.46. The lowest BCUT2D eigenvalue weighted by Gasteiger charge is -2.38. The van der Waals surface area contributed by atoms with Gasteiger partial charge in [-0.15, -0.1) is 0 Å². The maximum Gasteiger partial charge on any atom is 0.343 e. The van der Waals surface area contributed by atoms with Gasteiger partial charge in [-0.25, -0.2) is 4.79 Å². The van der Waals surface area contributed by atoms with Crippen LogP contribution in [0.15, 0.2) is 12.1 Å². The molecule has 4 rings (SSSR count). The number of fused-ring (bicyclic) bond motifs is 3. The fraction of sp³-hybridized carbons (Fsp3) is 0.467. The number of carboxylic acid groups (broad SMARTS) is 1. The molecule has 120 valence electrons. The summed E-state index contributed by atoms with van der Waals surface area (Å²) in [6.45, 7) is 1.32. The fourth-order valence-electron chi connectivity index (χ4n) is 3.46. The van der Waals surface area contributed by atoms with E-state index in [2.05, 4.69) is 0 Å². The third-order valence-electron chi connectivity index (χ3n) is 4.72. The molecule has 2 atom stereocenters. The van der Waals surface area contributed by atoms with Crippen molar-refractivity contribution in [2.45, 2.75) is 24.3 Å². The number of nitrogens with zero attached hydrogens (tertiary/aromatic N) is 1. The van der Waals surface area contributed by atoms with E-state index < -0.39 is 5.97 Å². The number of carboxylic acids is 1. The van der Waals surface area contributed by atoms with Crippen molar-refractivity contribution in [1.29, 1.82) is 0 Å². The van der Waals surface area contributed by atoms with Crippen LogP contribution in [-0.2, 0) is 4.79 Å². The van der Waals surface area contributed by atoms with Gasteiger partial charge in [0.15, 0.2) is 0 Å². The summed E-state index contributed by atoms with van der Waals surface area (Å²) in [4.78, 5) is 24.4. The monoisotopic (exact) mass is 316 g/mol. The van der Waals surface area contributed by atoms with Crippen LogP contribution in [0, 0.1) is 0 Å². The lowest BCUT2D eigenvalue weighted by Crippen LogP contribution is -2.56. The standard InChI is InChI=1S/C15H17BN2O5/c17-12(19)6-18-4-7(5-18)22-11-2-1-8-9-3-10(9)16-23-14(8)13(11)15(20)21/h1-2,7,9-10,16H,3-6H2,(H2,17,19)(H,20,21). The van der Waals surface area contributed by atoms with Crippen LogP contribution in [0.3, 0.4) is 0 Å². The maximum absolute atomic E-state index is 11.7. The first-order valence-corrected chi connectivity index (χ1v) is 7.73. The minimum Gasteiger partial charge on any atom is -0.563 e. The molecule has 3 N–H and O–H groups in total.